The molecular weight excluding hydrogens is 316 g/mol. The third-order valence-electron chi connectivity index (χ3n) is 4.09. The molecule has 0 unspecified atom stereocenters. The fraction of sp³-hybridized carbons (Fsp3) is 0.529. The van der Waals surface area contributed by atoms with Crippen LogP contribution in [0.15, 0.2) is 18.2 Å². The van der Waals surface area contributed by atoms with Gasteiger partial charge in [-0.15, -0.1) is 0 Å². The van der Waals surface area contributed by atoms with E-state index >= 15 is 0 Å². The summed E-state index contributed by atoms with van der Waals surface area (Å²) in [6.45, 7) is 1.57. The number of halogens is 1. The standard InChI is InChI=1S/C17H23ClN2O3/c1-11(16(21)20-13-6-4-2-3-5-7-13)23-17(22)14-9-8-12(18)10-15(14)19/h8-11,13H,2-7,19H2,1H3,(H,20,21)/t11-/m0/s1. The van der Waals surface area contributed by atoms with Crippen molar-refractivity contribution in [1.29, 1.82) is 0 Å². The maximum absolute atomic E-state index is 12.2. The molecule has 0 spiro atoms. The molecule has 0 saturated heterocycles. The van der Waals surface area contributed by atoms with Gasteiger partial charge in [0, 0.05) is 16.8 Å². The van der Waals surface area contributed by atoms with E-state index in [9.17, 15) is 9.59 Å². The Bertz CT molecular complexity index is 569. The fourth-order valence-electron chi connectivity index (χ4n) is 2.74. The molecule has 5 nitrogen and oxygen atoms in total. The van der Waals surface area contributed by atoms with E-state index in [-0.39, 0.29) is 23.2 Å². The first-order valence-corrected chi connectivity index (χ1v) is 8.41. The fourth-order valence-corrected chi connectivity index (χ4v) is 2.92. The molecule has 3 N–H and O–H groups in total. The van der Waals surface area contributed by atoms with Crippen LogP contribution >= 0.6 is 11.6 Å². The van der Waals surface area contributed by atoms with Crippen LogP contribution in [0.1, 0.15) is 55.8 Å². The van der Waals surface area contributed by atoms with Gasteiger partial charge in [0.1, 0.15) is 0 Å². The van der Waals surface area contributed by atoms with Crippen molar-refractivity contribution in [3.05, 3.63) is 28.8 Å². The van der Waals surface area contributed by atoms with Gasteiger partial charge < -0.3 is 15.8 Å². The zero-order valence-electron chi connectivity index (χ0n) is 13.3. The smallest absolute Gasteiger partial charge is 0.341 e. The summed E-state index contributed by atoms with van der Waals surface area (Å²) in [6.07, 6.45) is 5.79. The number of ether oxygens (including phenoxy) is 1. The second kappa shape index (κ2) is 8.20. The Labute approximate surface area is 141 Å². The molecule has 0 aromatic heterocycles. The van der Waals surface area contributed by atoms with E-state index in [4.69, 9.17) is 22.1 Å². The van der Waals surface area contributed by atoms with Gasteiger partial charge in [0.2, 0.25) is 0 Å². The average Bonchev–Trinajstić information content (AvgIpc) is 2.75. The van der Waals surface area contributed by atoms with E-state index in [0.717, 1.165) is 25.7 Å². The summed E-state index contributed by atoms with van der Waals surface area (Å²) in [6, 6.07) is 4.71. The van der Waals surface area contributed by atoms with Gasteiger partial charge in [0.15, 0.2) is 6.10 Å². The van der Waals surface area contributed by atoms with Crippen molar-refractivity contribution in [3.8, 4) is 0 Å². The third-order valence-corrected chi connectivity index (χ3v) is 4.32. The Hall–Kier alpha value is -1.75. The number of hydrogen-bond donors (Lipinski definition) is 2. The summed E-state index contributed by atoms with van der Waals surface area (Å²) in [5.41, 5.74) is 6.20. The van der Waals surface area contributed by atoms with Crippen LogP contribution in [0.25, 0.3) is 0 Å². The Kier molecular flexibility index (Phi) is 6.28. The van der Waals surface area contributed by atoms with Gasteiger partial charge in [-0.3, -0.25) is 4.79 Å². The Morgan fingerprint density at radius 2 is 1.91 bits per heavy atom. The predicted octanol–water partition coefficient (Wildman–Crippen LogP) is 3.31. The minimum Gasteiger partial charge on any atom is -0.449 e. The lowest BCUT2D eigenvalue weighted by molar-refractivity contribution is -0.129. The van der Waals surface area contributed by atoms with Crippen LogP contribution in [0, 0.1) is 0 Å². The van der Waals surface area contributed by atoms with Crippen LogP contribution < -0.4 is 11.1 Å². The van der Waals surface area contributed by atoms with Gasteiger partial charge in [-0.1, -0.05) is 37.3 Å². The normalized spacial score (nSPS) is 17.1. The molecule has 1 aromatic carbocycles. The number of carbonyl (C=O) groups excluding carboxylic acids is 2. The van der Waals surface area contributed by atoms with E-state index in [1.165, 1.54) is 25.0 Å². The molecule has 0 aliphatic heterocycles. The zero-order chi connectivity index (χ0) is 16.8. The molecule has 1 amide bonds. The number of nitrogens with one attached hydrogen (secondary N) is 1. The zero-order valence-corrected chi connectivity index (χ0v) is 14.1. The number of rotatable bonds is 4. The number of nitrogen functional groups attached to an aromatic ring is 1. The van der Waals surface area contributed by atoms with Crippen molar-refractivity contribution in [2.45, 2.75) is 57.6 Å². The second-order valence-corrected chi connectivity index (χ2v) is 6.41. The van der Waals surface area contributed by atoms with E-state index in [1.807, 2.05) is 0 Å². The maximum Gasteiger partial charge on any atom is 0.341 e. The number of nitrogens with two attached hydrogens (primary N) is 1. The molecular formula is C17H23ClN2O3. The highest BCUT2D eigenvalue weighted by atomic mass is 35.5. The Morgan fingerprint density at radius 3 is 2.52 bits per heavy atom. The third kappa shape index (κ3) is 5.13. The van der Waals surface area contributed by atoms with Crippen LogP contribution in [-0.2, 0) is 9.53 Å². The Morgan fingerprint density at radius 1 is 1.26 bits per heavy atom. The molecule has 0 heterocycles. The molecule has 1 aliphatic rings. The molecule has 1 aliphatic carbocycles. The lowest BCUT2D eigenvalue weighted by Crippen LogP contribution is -2.41. The summed E-state index contributed by atoms with van der Waals surface area (Å²) < 4.78 is 5.22. The summed E-state index contributed by atoms with van der Waals surface area (Å²) in [5, 5.41) is 3.41. The lowest BCUT2D eigenvalue weighted by atomic mass is 10.1. The van der Waals surface area contributed by atoms with E-state index in [1.54, 1.807) is 13.0 Å². The molecule has 1 fully saturated rings. The molecule has 6 heteroatoms. The molecule has 1 atom stereocenters. The van der Waals surface area contributed by atoms with Gasteiger partial charge in [-0.25, -0.2) is 4.79 Å². The lowest BCUT2D eigenvalue weighted by Gasteiger charge is -2.20. The molecule has 1 aromatic rings. The monoisotopic (exact) mass is 338 g/mol. The van der Waals surface area contributed by atoms with Crippen molar-refractivity contribution >= 4 is 29.2 Å². The second-order valence-electron chi connectivity index (χ2n) is 5.98. The highest BCUT2D eigenvalue weighted by Gasteiger charge is 2.23. The van der Waals surface area contributed by atoms with Gasteiger partial charge in [0.05, 0.1) is 5.56 Å². The molecule has 2 rings (SSSR count). The molecule has 126 valence electrons. The van der Waals surface area contributed by atoms with Gasteiger partial charge in [-0.05, 0) is 38.0 Å². The predicted molar refractivity (Wildman–Crippen MR) is 90.4 cm³/mol. The summed E-state index contributed by atoms with van der Waals surface area (Å²) in [4.78, 5) is 24.3. The highest BCUT2D eigenvalue weighted by molar-refractivity contribution is 6.31. The number of benzene rings is 1. The highest BCUT2D eigenvalue weighted by Crippen LogP contribution is 2.20. The number of amides is 1. The largest absolute Gasteiger partial charge is 0.449 e. The first-order chi connectivity index (χ1) is 11.0. The SMILES string of the molecule is C[C@H](OC(=O)c1ccc(Cl)cc1N)C(=O)NC1CCCCCC1. The van der Waals surface area contributed by atoms with Crippen molar-refractivity contribution in [1.82, 2.24) is 5.32 Å². The van der Waals surface area contributed by atoms with Crippen LogP contribution in [0.3, 0.4) is 0 Å². The van der Waals surface area contributed by atoms with Gasteiger partial charge in [0.25, 0.3) is 5.91 Å². The van der Waals surface area contributed by atoms with Crippen molar-refractivity contribution in [2.75, 3.05) is 5.73 Å². The van der Waals surface area contributed by atoms with Crippen LogP contribution in [0.5, 0.6) is 0 Å². The number of anilines is 1. The number of hydrogen-bond acceptors (Lipinski definition) is 4. The molecule has 23 heavy (non-hydrogen) atoms. The van der Waals surface area contributed by atoms with Crippen molar-refractivity contribution in [2.24, 2.45) is 0 Å². The van der Waals surface area contributed by atoms with Crippen LogP contribution in [0.2, 0.25) is 5.02 Å². The quantitative estimate of drug-likeness (QED) is 0.501. The van der Waals surface area contributed by atoms with E-state index in [0.29, 0.717) is 5.02 Å². The molecule has 1 saturated carbocycles. The molecule has 0 radical (unpaired) electrons. The van der Waals surface area contributed by atoms with Gasteiger partial charge >= 0.3 is 5.97 Å². The average molecular weight is 339 g/mol. The van der Waals surface area contributed by atoms with Crippen LogP contribution in [-0.4, -0.2) is 24.0 Å². The number of carbonyl (C=O) groups is 2. The maximum atomic E-state index is 12.2. The van der Waals surface area contributed by atoms with Gasteiger partial charge in [-0.2, -0.15) is 0 Å². The summed E-state index contributed by atoms with van der Waals surface area (Å²) in [5.74, 6) is -0.888. The van der Waals surface area contributed by atoms with E-state index < -0.39 is 12.1 Å². The van der Waals surface area contributed by atoms with Crippen molar-refractivity contribution < 1.29 is 14.3 Å². The minimum absolute atomic E-state index is 0.173. The topological polar surface area (TPSA) is 81.4 Å². The first-order valence-electron chi connectivity index (χ1n) is 8.03. The van der Waals surface area contributed by atoms with Crippen LogP contribution in [0.4, 0.5) is 5.69 Å². The van der Waals surface area contributed by atoms with E-state index in [2.05, 4.69) is 5.32 Å². The Balaban J connectivity index is 1.90. The van der Waals surface area contributed by atoms with Crippen molar-refractivity contribution in [3.63, 3.8) is 0 Å². The summed E-state index contributed by atoms with van der Waals surface area (Å²) in [7, 11) is 0. The first kappa shape index (κ1) is 17.6. The number of esters is 1. The minimum atomic E-state index is -0.860. The summed E-state index contributed by atoms with van der Waals surface area (Å²) >= 11 is 5.80. The molecule has 0 bridgehead atoms.